The van der Waals surface area contributed by atoms with Crippen molar-refractivity contribution in [2.75, 3.05) is 7.11 Å². The van der Waals surface area contributed by atoms with E-state index in [0.29, 0.717) is 0 Å². The summed E-state index contributed by atoms with van der Waals surface area (Å²) in [6.45, 7) is 6.45. The standard InChI is InChI=1S/C11H18N2O3/c1-5-13-8(3)11(7(2)12-13)9(14)6-10(15)16-4/h9,14H,5-6H2,1-4H3. The Morgan fingerprint density at radius 2 is 2.19 bits per heavy atom. The van der Waals surface area contributed by atoms with E-state index in [-0.39, 0.29) is 6.42 Å². The van der Waals surface area contributed by atoms with E-state index in [4.69, 9.17) is 0 Å². The molecule has 0 aliphatic heterocycles. The molecule has 5 nitrogen and oxygen atoms in total. The van der Waals surface area contributed by atoms with Gasteiger partial charge in [0.25, 0.3) is 0 Å². The number of nitrogens with zero attached hydrogens (tertiary/aromatic N) is 2. The highest BCUT2D eigenvalue weighted by Crippen LogP contribution is 2.24. The summed E-state index contributed by atoms with van der Waals surface area (Å²) in [7, 11) is 1.31. The first kappa shape index (κ1) is 12.7. The molecule has 0 spiro atoms. The minimum atomic E-state index is -0.840. The number of rotatable bonds is 4. The van der Waals surface area contributed by atoms with Crippen molar-refractivity contribution in [3.05, 3.63) is 17.0 Å². The van der Waals surface area contributed by atoms with Crippen molar-refractivity contribution in [3.63, 3.8) is 0 Å². The molecule has 0 aliphatic rings. The van der Waals surface area contributed by atoms with Gasteiger partial charge in [-0.15, -0.1) is 0 Å². The second kappa shape index (κ2) is 5.12. The van der Waals surface area contributed by atoms with E-state index >= 15 is 0 Å². The minimum absolute atomic E-state index is 0.0341. The Bertz CT molecular complexity index is 385. The molecule has 0 fully saturated rings. The average Bonchev–Trinajstić information content (AvgIpc) is 2.53. The van der Waals surface area contributed by atoms with Crippen molar-refractivity contribution in [2.24, 2.45) is 0 Å². The number of hydrogen-bond acceptors (Lipinski definition) is 4. The van der Waals surface area contributed by atoms with Gasteiger partial charge in [0, 0.05) is 17.8 Å². The Kier molecular flexibility index (Phi) is 4.06. The SMILES string of the molecule is CCn1nc(C)c(C(O)CC(=O)OC)c1C. The number of aryl methyl sites for hydroxylation is 2. The first-order valence-corrected chi connectivity index (χ1v) is 5.30. The topological polar surface area (TPSA) is 64.3 Å². The lowest BCUT2D eigenvalue weighted by molar-refractivity contribution is -0.142. The molecule has 1 N–H and O–H groups in total. The van der Waals surface area contributed by atoms with E-state index in [1.165, 1.54) is 7.11 Å². The summed E-state index contributed by atoms with van der Waals surface area (Å²) in [5.74, 6) is -0.421. The van der Waals surface area contributed by atoms with E-state index in [9.17, 15) is 9.90 Å². The summed E-state index contributed by atoms with van der Waals surface area (Å²) in [5.41, 5.74) is 2.39. The Labute approximate surface area is 95.0 Å². The quantitative estimate of drug-likeness (QED) is 0.781. The van der Waals surface area contributed by atoms with Crippen LogP contribution in [0.5, 0.6) is 0 Å². The maximum absolute atomic E-state index is 11.1. The van der Waals surface area contributed by atoms with Crippen molar-refractivity contribution in [2.45, 2.75) is 39.8 Å². The zero-order chi connectivity index (χ0) is 12.3. The summed E-state index contributed by atoms with van der Waals surface area (Å²) in [6.07, 6.45) is -0.874. The van der Waals surface area contributed by atoms with Gasteiger partial charge in [-0.2, -0.15) is 5.10 Å². The highest BCUT2D eigenvalue weighted by Gasteiger charge is 2.21. The van der Waals surface area contributed by atoms with Gasteiger partial charge < -0.3 is 9.84 Å². The van der Waals surface area contributed by atoms with Crippen LogP contribution in [0.15, 0.2) is 0 Å². The maximum Gasteiger partial charge on any atom is 0.308 e. The van der Waals surface area contributed by atoms with Crippen LogP contribution in [0.3, 0.4) is 0 Å². The molecule has 0 saturated carbocycles. The van der Waals surface area contributed by atoms with Gasteiger partial charge in [-0.3, -0.25) is 9.48 Å². The Morgan fingerprint density at radius 3 is 2.62 bits per heavy atom. The third-order valence-corrected chi connectivity index (χ3v) is 2.66. The second-order valence-corrected chi connectivity index (χ2v) is 3.70. The lowest BCUT2D eigenvalue weighted by Crippen LogP contribution is -2.10. The first-order valence-electron chi connectivity index (χ1n) is 5.30. The van der Waals surface area contributed by atoms with Gasteiger partial charge in [0.05, 0.1) is 25.3 Å². The molecule has 1 unspecified atom stereocenters. The fourth-order valence-electron chi connectivity index (χ4n) is 1.84. The number of aliphatic hydroxyl groups excluding tert-OH is 1. The molecule has 0 bridgehead atoms. The molecule has 1 atom stereocenters. The first-order chi connectivity index (χ1) is 7.51. The van der Waals surface area contributed by atoms with Crippen LogP contribution < -0.4 is 0 Å². The van der Waals surface area contributed by atoms with Crippen molar-refractivity contribution in [1.29, 1.82) is 0 Å². The fraction of sp³-hybridized carbons (Fsp3) is 0.636. The number of hydrogen-bond donors (Lipinski definition) is 1. The number of esters is 1. The third kappa shape index (κ3) is 2.41. The van der Waals surface area contributed by atoms with Gasteiger partial charge in [0.1, 0.15) is 0 Å². The molecule has 1 aromatic heterocycles. The van der Waals surface area contributed by atoms with Crippen LogP contribution in [-0.2, 0) is 16.1 Å². The zero-order valence-electron chi connectivity index (χ0n) is 10.1. The van der Waals surface area contributed by atoms with Crippen LogP contribution in [-0.4, -0.2) is 28.0 Å². The van der Waals surface area contributed by atoms with Crippen LogP contribution in [0, 0.1) is 13.8 Å². The van der Waals surface area contributed by atoms with E-state index < -0.39 is 12.1 Å². The molecule has 0 aromatic carbocycles. The molecular weight excluding hydrogens is 208 g/mol. The fourth-order valence-corrected chi connectivity index (χ4v) is 1.84. The third-order valence-electron chi connectivity index (χ3n) is 2.66. The molecule has 5 heteroatoms. The van der Waals surface area contributed by atoms with Crippen molar-refractivity contribution in [3.8, 4) is 0 Å². The van der Waals surface area contributed by atoms with E-state index in [2.05, 4.69) is 9.84 Å². The number of ether oxygens (including phenoxy) is 1. The molecule has 0 amide bonds. The molecule has 0 radical (unpaired) electrons. The van der Waals surface area contributed by atoms with Crippen LogP contribution in [0.2, 0.25) is 0 Å². The van der Waals surface area contributed by atoms with Gasteiger partial charge in [-0.1, -0.05) is 0 Å². The monoisotopic (exact) mass is 226 g/mol. The van der Waals surface area contributed by atoms with Crippen LogP contribution in [0.25, 0.3) is 0 Å². The highest BCUT2D eigenvalue weighted by molar-refractivity contribution is 5.70. The van der Waals surface area contributed by atoms with E-state index in [0.717, 1.165) is 23.5 Å². The second-order valence-electron chi connectivity index (χ2n) is 3.70. The summed E-state index contributed by atoms with van der Waals surface area (Å²) in [6, 6.07) is 0. The number of aromatic nitrogens is 2. The molecule has 0 saturated heterocycles. The number of carbonyl (C=O) groups is 1. The van der Waals surface area contributed by atoms with Crippen LogP contribution in [0.4, 0.5) is 0 Å². The Balaban J connectivity index is 2.94. The van der Waals surface area contributed by atoms with E-state index in [1.54, 1.807) is 0 Å². The Hall–Kier alpha value is -1.36. The highest BCUT2D eigenvalue weighted by atomic mass is 16.5. The van der Waals surface area contributed by atoms with Gasteiger partial charge in [0.15, 0.2) is 0 Å². The number of aliphatic hydroxyl groups is 1. The molecule has 16 heavy (non-hydrogen) atoms. The maximum atomic E-state index is 11.1. The minimum Gasteiger partial charge on any atom is -0.469 e. The lowest BCUT2D eigenvalue weighted by Gasteiger charge is -2.10. The lowest BCUT2D eigenvalue weighted by atomic mass is 10.0. The zero-order valence-corrected chi connectivity index (χ0v) is 10.1. The predicted molar refractivity (Wildman–Crippen MR) is 59.0 cm³/mol. The molecule has 90 valence electrons. The van der Waals surface area contributed by atoms with Gasteiger partial charge >= 0.3 is 5.97 Å². The molecule has 1 rings (SSSR count). The van der Waals surface area contributed by atoms with Crippen molar-refractivity contribution < 1.29 is 14.6 Å². The van der Waals surface area contributed by atoms with E-state index in [1.807, 2.05) is 25.5 Å². The molecule has 1 heterocycles. The van der Waals surface area contributed by atoms with Crippen LogP contribution >= 0.6 is 0 Å². The van der Waals surface area contributed by atoms with Gasteiger partial charge in [-0.25, -0.2) is 0 Å². The predicted octanol–water partition coefficient (Wildman–Crippen LogP) is 1.12. The summed E-state index contributed by atoms with van der Waals surface area (Å²) >= 11 is 0. The summed E-state index contributed by atoms with van der Waals surface area (Å²) in [4.78, 5) is 11.1. The molecule has 0 aliphatic carbocycles. The Morgan fingerprint density at radius 1 is 1.56 bits per heavy atom. The summed E-state index contributed by atoms with van der Waals surface area (Å²) < 4.78 is 6.34. The van der Waals surface area contributed by atoms with Gasteiger partial charge in [-0.05, 0) is 20.8 Å². The number of carbonyl (C=O) groups excluding carboxylic acids is 1. The van der Waals surface area contributed by atoms with Gasteiger partial charge in [0.2, 0.25) is 0 Å². The van der Waals surface area contributed by atoms with Crippen molar-refractivity contribution >= 4 is 5.97 Å². The largest absolute Gasteiger partial charge is 0.469 e. The van der Waals surface area contributed by atoms with Crippen LogP contribution in [0.1, 0.15) is 36.4 Å². The molecule has 1 aromatic rings. The molecular formula is C11H18N2O3. The summed E-state index contributed by atoms with van der Waals surface area (Å²) in [5, 5.41) is 14.2. The number of methoxy groups -OCH3 is 1. The van der Waals surface area contributed by atoms with Crippen molar-refractivity contribution in [1.82, 2.24) is 9.78 Å². The smallest absolute Gasteiger partial charge is 0.308 e. The normalized spacial score (nSPS) is 12.6. The average molecular weight is 226 g/mol.